The van der Waals surface area contributed by atoms with Crippen molar-refractivity contribution >= 4 is 11.6 Å². The van der Waals surface area contributed by atoms with E-state index >= 15 is 0 Å². The van der Waals surface area contributed by atoms with Gasteiger partial charge in [-0.25, -0.2) is 0 Å². The Hall–Kier alpha value is -0.790. The van der Waals surface area contributed by atoms with E-state index in [-0.39, 0.29) is 0 Å². The molecule has 0 aromatic heterocycles. The second-order valence-electron chi connectivity index (χ2n) is 5.11. The Morgan fingerprint density at radius 2 is 1.94 bits per heavy atom. The molecule has 0 unspecified atom stereocenters. The highest BCUT2D eigenvalue weighted by atomic mass is 35.5. The molecule has 1 N–H and O–H groups in total. The van der Waals surface area contributed by atoms with E-state index in [4.69, 9.17) is 11.6 Å². The van der Waals surface area contributed by atoms with Crippen LogP contribution in [-0.2, 0) is 0 Å². The van der Waals surface area contributed by atoms with Crippen molar-refractivity contribution < 1.29 is 0 Å². The lowest BCUT2D eigenvalue weighted by Crippen LogP contribution is -2.40. The van der Waals surface area contributed by atoms with Crippen molar-refractivity contribution in [3.63, 3.8) is 0 Å². The summed E-state index contributed by atoms with van der Waals surface area (Å²) >= 11 is 5.89. The molecule has 0 heterocycles. The summed E-state index contributed by atoms with van der Waals surface area (Å²) < 4.78 is 0. The zero-order chi connectivity index (χ0) is 12.3. The maximum atomic E-state index is 5.89. The van der Waals surface area contributed by atoms with Gasteiger partial charge in [0.25, 0.3) is 0 Å². The fraction of sp³-hybridized carbons (Fsp3) is 0.467. The minimum atomic E-state index is 0.686. The van der Waals surface area contributed by atoms with E-state index in [1.54, 1.807) is 0 Å². The Morgan fingerprint density at radius 1 is 1.29 bits per heavy atom. The fourth-order valence-electron chi connectivity index (χ4n) is 2.22. The minimum absolute atomic E-state index is 0.686. The molecule has 1 aliphatic rings. The highest BCUT2D eigenvalue weighted by Gasteiger charge is 2.29. The van der Waals surface area contributed by atoms with Crippen molar-refractivity contribution in [2.45, 2.75) is 38.6 Å². The molecule has 0 atom stereocenters. The quantitative estimate of drug-likeness (QED) is 0.791. The van der Waals surface area contributed by atoms with Gasteiger partial charge in [0.05, 0.1) is 0 Å². The molecule has 0 amide bonds. The van der Waals surface area contributed by atoms with Crippen LogP contribution in [0.3, 0.4) is 0 Å². The summed E-state index contributed by atoms with van der Waals surface area (Å²) in [5, 5.41) is 4.38. The summed E-state index contributed by atoms with van der Waals surface area (Å²) in [6.45, 7) is 5.28. The molecule has 0 radical (unpaired) electrons. The van der Waals surface area contributed by atoms with Crippen LogP contribution in [0.2, 0.25) is 5.02 Å². The number of nitrogens with one attached hydrogen (secondary N) is 1. The van der Waals surface area contributed by atoms with Crippen LogP contribution in [0.5, 0.6) is 0 Å². The molecule has 1 nitrogen and oxygen atoms in total. The van der Waals surface area contributed by atoms with E-state index in [0.29, 0.717) is 6.04 Å². The van der Waals surface area contributed by atoms with Gasteiger partial charge in [-0.1, -0.05) is 35.4 Å². The van der Waals surface area contributed by atoms with Gasteiger partial charge < -0.3 is 5.32 Å². The third-order valence-electron chi connectivity index (χ3n) is 3.40. The van der Waals surface area contributed by atoms with Crippen LogP contribution in [-0.4, -0.2) is 12.6 Å². The topological polar surface area (TPSA) is 12.0 Å². The monoisotopic (exact) mass is 249 g/mol. The first-order chi connectivity index (χ1) is 8.15. The average Bonchev–Trinajstić information content (AvgIpc) is 2.23. The third kappa shape index (κ3) is 3.58. The van der Waals surface area contributed by atoms with Gasteiger partial charge in [0.1, 0.15) is 0 Å². The van der Waals surface area contributed by atoms with E-state index in [1.807, 2.05) is 12.1 Å². The third-order valence-corrected chi connectivity index (χ3v) is 3.65. The highest BCUT2D eigenvalue weighted by molar-refractivity contribution is 6.30. The number of hydrogen-bond acceptors (Lipinski definition) is 1. The van der Waals surface area contributed by atoms with Gasteiger partial charge in [0.15, 0.2) is 0 Å². The standard InChI is InChI=1S/C15H20ClN/c1-11(2)7-8-17-15-9-13(10-15)12-3-5-14(16)6-4-12/h3-7,13,15,17H,8-10H2,1-2H3. The highest BCUT2D eigenvalue weighted by Crippen LogP contribution is 2.37. The minimum Gasteiger partial charge on any atom is -0.310 e. The molecule has 1 fully saturated rings. The van der Waals surface area contributed by atoms with E-state index in [2.05, 4.69) is 37.4 Å². The number of allylic oxidation sites excluding steroid dienone is 1. The maximum Gasteiger partial charge on any atom is 0.0406 e. The lowest BCUT2D eigenvalue weighted by atomic mass is 9.76. The molecule has 1 aliphatic carbocycles. The summed E-state index contributed by atoms with van der Waals surface area (Å²) in [6.07, 6.45) is 4.74. The lowest BCUT2D eigenvalue weighted by Gasteiger charge is -2.36. The normalized spacial score (nSPS) is 23.0. The van der Waals surface area contributed by atoms with E-state index < -0.39 is 0 Å². The first kappa shape index (κ1) is 12.7. The molecule has 92 valence electrons. The Kier molecular flexibility index (Phi) is 4.25. The molecule has 1 aromatic carbocycles. The van der Waals surface area contributed by atoms with Gasteiger partial charge in [-0.3, -0.25) is 0 Å². The first-order valence-electron chi connectivity index (χ1n) is 6.27. The summed E-state index contributed by atoms with van der Waals surface area (Å²) in [4.78, 5) is 0. The van der Waals surface area contributed by atoms with Crippen LogP contribution in [0.25, 0.3) is 0 Å². The van der Waals surface area contributed by atoms with Gasteiger partial charge >= 0.3 is 0 Å². The number of benzene rings is 1. The summed E-state index contributed by atoms with van der Waals surface area (Å²) in [5.41, 5.74) is 2.81. The van der Waals surface area contributed by atoms with Gasteiger partial charge in [-0.05, 0) is 50.3 Å². The Bertz CT molecular complexity index is 384. The van der Waals surface area contributed by atoms with Gasteiger partial charge in [-0.2, -0.15) is 0 Å². The van der Waals surface area contributed by atoms with Crippen molar-refractivity contribution in [3.8, 4) is 0 Å². The van der Waals surface area contributed by atoms with Gasteiger partial charge in [0.2, 0.25) is 0 Å². The van der Waals surface area contributed by atoms with Crippen molar-refractivity contribution in [3.05, 3.63) is 46.5 Å². The van der Waals surface area contributed by atoms with Crippen molar-refractivity contribution in [1.29, 1.82) is 0 Å². The maximum absolute atomic E-state index is 5.89. The van der Waals surface area contributed by atoms with Crippen LogP contribution in [0, 0.1) is 0 Å². The van der Waals surface area contributed by atoms with Crippen LogP contribution in [0.4, 0.5) is 0 Å². The molecule has 17 heavy (non-hydrogen) atoms. The Balaban J connectivity index is 1.75. The second kappa shape index (κ2) is 5.70. The van der Waals surface area contributed by atoms with Crippen LogP contribution >= 0.6 is 11.6 Å². The molecule has 0 aliphatic heterocycles. The van der Waals surface area contributed by atoms with Crippen molar-refractivity contribution in [1.82, 2.24) is 5.32 Å². The zero-order valence-corrected chi connectivity index (χ0v) is 11.3. The lowest BCUT2D eigenvalue weighted by molar-refractivity contribution is 0.299. The van der Waals surface area contributed by atoms with E-state index in [0.717, 1.165) is 17.5 Å². The zero-order valence-electron chi connectivity index (χ0n) is 10.5. The smallest absolute Gasteiger partial charge is 0.0406 e. The number of halogens is 1. The van der Waals surface area contributed by atoms with Gasteiger partial charge in [-0.15, -0.1) is 0 Å². The molecular formula is C15H20ClN. The number of hydrogen-bond donors (Lipinski definition) is 1. The molecule has 0 bridgehead atoms. The van der Waals surface area contributed by atoms with Crippen molar-refractivity contribution in [2.24, 2.45) is 0 Å². The molecular weight excluding hydrogens is 230 g/mol. The molecule has 1 saturated carbocycles. The second-order valence-corrected chi connectivity index (χ2v) is 5.54. The summed E-state index contributed by atoms with van der Waals surface area (Å²) in [5.74, 6) is 0.719. The first-order valence-corrected chi connectivity index (χ1v) is 6.65. The van der Waals surface area contributed by atoms with E-state index in [9.17, 15) is 0 Å². The Morgan fingerprint density at radius 3 is 2.53 bits per heavy atom. The summed E-state index contributed by atoms with van der Waals surface area (Å²) in [7, 11) is 0. The molecule has 0 spiro atoms. The predicted octanol–water partition coefficient (Wildman–Crippen LogP) is 4.14. The largest absolute Gasteiger partial charge is 0.310 e. The fourth-order valence-corrected chi connectivity index (χ4v) is 2.35. The molecule has 1 aromatic rings. The van der Waals surface area contributed by atoms with Crippen molar-refractivity contribution in [2.75, 3.05) is 6.54 Å². The van der Waals surface area contributed by atoms with Crippen LogP contribution in [0.1, 0.15) is 38.2 Å². The van der Waals surface area contributed by atoms with Crippen LogP contribution in [0.15, 0.2) is 35.9 Å². The average molecular weight is 250 g/mol. The molecule has 2 rings (SSSR count). The van der Waals surface area contributed by atoms with Gasteiger partial charge in [0, 0.05) is 17.6 Å². The SMILES string of the molecule is CC(C)=CCNC1CC(c2ccc(Cl)cc2)C1. The predicted molar refractivity (Wildman–Crippen MR) is 74.6 cm³/mol. The molecule has 2 heteroatoms. The van der Waals surface area contributed by atoms with Crippen LogP contribution < -0.4 is 5.32 Å². The van der Waals surface area contributed by atoms with E-state index in [1.165, 1.54) is 24.0 Å². The number of rotatable bonds is 4. The molecule has 0 saturated heterocycles. The summed E-state index contributed by atoms with van der Waals surface area (Å²) in [6, 6.07) is 8.96. The Labute approximate surface area is 109 Å².